The minimum absolute atomic E-state index is 0. The first-order valence-electron chi connectivity index (χ1n) is 9.76. The van der Waals surface area contributed by atoms with Gasteiger partial charge in [0.25, 0.3) is 15.9 Å². The van der Waals surface area contributed by atoms with E-state index < -0.39 is 35.8 Å². The zero-order valence-corrected chi connectivity index (χ0v) is 21.9. The molecule has 3 N–H and O–H groups in total. The van der Waals surface area contributed by atoms with Crippen LogP contribution in [0.2, 0.25) is 0 Å². The summed E-state index contributed by atoms with van der Waals surface area (Å²) in [5, 5.41) is 13.9. The Labute approximate surface area is 223 Å². The number of fused-ring (bicyclic) bond motifs is 1. The van der Waals surface area contributed by atoms with Crippen molar-refractivity contribution in [1.29, 1.82) is 0 Å². The van der Waals surface area contributed by atoms with Crippen molar-refractivity contribution in [3.05, 3.63) is 90.5 Å². The first kappa shape index (κ1) is 26.7. The number of carbonyl (C=O) groups excluding carboxylic acids is 1. The van der Waals surface area contributed by atoms with Crippen LogP contribution in [-0.2, 0) is 20.1 Å². The summed E-state index contributed by atoms with van der Waals surface area (Å²) in [6.45, 7) is 0. The summed E-state index contributed by atoms with van der Waals surface area (Å²) < 4.78 is 61.8. The molecule has 12 heteroatoms. The fourth-order valence-corrected chi connectivity index (χ4v) is 5.03. The second kappa shape index (κ2) is 10.4. The van der Waals surface area contributed by atoms with E-state index >= 15 is 0 Å². The predicted octanol–water partition coefficient (Wildman–Crippen LogP) is 0.507. The molecule has 0 bridgehead atoms. The zero-order valence-electron chi connectivity index (χ0n) is 18.3. The van der Waals surface area contributed by atoms with Crippen LogP contribution in [0.25, 0.3) is 10.8 Å². The van der Waals surface area contributed by atoms with Gasteiger partial charge in [-0.2, -0.15) is 0 Å². The number of aromatic hydroxyl groups is 1. The van der Waals surface area contributed by atoms with Crippen LogP contribution in [0, 0.1) is 0 Å². The number of phenolic OH excluding ortho intramolecular Hbond substituents is 1. The van der Waals surface area contributed by atoms with Crippen LogP contribution in [0.1, 0.15) is 10.4 Å². The van der Waals surface area contributed by atoms with Gasteiger partial charge in [-0.1, -0.05) is 36.4 Å². The summed E-state index contributed by atoms with van der Waals surface area (Å²) in [5.74, 6) is -0.692. The van der Waals surface area contributed by atoms with E-state index in [1.54, 1.807) is 36.4 Å². The van der Waals surface area contributed by atoms with E-state index in [4.69, 9.17) is 0 Å². The van der Waals surface area contributed by atoms with Crippen LogP contribution < -0.4 is 39.6 Å². The van der Waals surface area contributed by atoms with E-state index in [1.807, 2.05) is 0 Å². The van der Waals surface area contributed by atoms with Crippen molar-refractivity contribution in [3.8, 4) is 5.75 Å². The maximum absolute atomic E-state index is 12.9. The van der Waals surface area contributed by atoms with E-state index in [0.717, 1.165) is 24.3 Å². The Balaban J connectivity index is 0.00000342. The molecule has 1 amide bonds. The van der Waals surface area contributed by atoms with Crippen LogP contribution >= 0.6 is 0 Å². The van der Waals surface area contributed by atoms with Crippen molar-refractivity contribution in [1.82, 2.24) is 0 Å². The number of phenols is 1. The maximum atomic E-state index is 12.9. The van der Waals surface area contributed by atoms with E-state index in [-0.39, 0.29) is 52.1 Å². The predicted molar refractivity (Wildman–Crippen MR) is 125 cm³/mol. The number of rotatable bonds is 6. The van der Waals surface area contributed by atoms with Crippen LogP contribution in [0.3, 0.4) is 0 Å². The molecule has 0 unspecified atom stereocenters. The molecule has 4 aromatic carbocycles. The number of hydrogen-bond acceptors (Lipinski definition) is 7. The van der Waals surface area contributed by atoms with Gasteiger partial charge in [-0.3, -0.25) is 9.52 Å². The Morgan fingerprint density at radius 1 is 0.743 bits per heavy atom. The summed E-state index contributed by atoms with van der Waals surface area (Å²) >= 11 is 0. The van der Waals surface area contributed by atoms with Gasteiger partial charge >= 0.3 is 29.6 Å². The fourth-order valence-electron chi connectivity index (χ4n) is 3.32. The molecule has 0 radical (unpaired) electrons. The van der Waals surface area contributed by atoms with Gasteiger partial charge in [0.1, 0.15) is 15.9 Å². The van der Waals surface area contributed by atoms with Crippen molar-refractivity contribution >= 4 is 48.2 Å². The van der Waals surface area contributed by atoms with E-state index in [1.165, 1.54) is 24.3 Å². The van der Waals surface area contributed by atoms with Gasteiger partial charge in [-0.25, -0.2) is 16.8 Å². The Morgan fingerprint density at radius 2 is 1.40 bits per heavy atom. The molecule has 9 nitrogen and oxygen atoms in total. The minimum atomic E-state index is -4.84. The number of anilines is 2. The summed E-state index contributed by atoms with van der Waals surface area (Å²) in [6, 6.07) is 19.9. The standard InChI is InChI=1S/C23H18N2O7S2.Na/c26-22-19-10-5-11-20(25-33(28,29)16-8-4-9-17(14-16)34(30,31)32)18(19)12-13-21(22)24-23(27)15-6-2-1-3-7-15;/h1-14,25-26H,(H,24,27)(H,30,31,32);/q;+1/p-1. The SMILES string of the molecule is O=C(Nc1ccc2c(NS(=O)(=O)c3cccc(S(=O)(=O)[O-])c3)cccc2c1O)c1ccccc1.[Na+]. The van der Waals surface area contributed by atoms with Crippen LogP contribution in [0.4, 0.5) is 11.4 Å². The van der Waals surface area contributed by atoms with Crippen LogP contribution in [-0.4, -0.2) is 32.4 Å². The average molecular weight is 521 g/mol. The smallest absolute Gasteiger partial charge is 0.744 e. The number of amides is 1. The number of carbonyl (C=O) groups is 1. The normalized spacial score (nSPS) is 11.5. The van der Waals surface area contributed by atoms with Crippen molar-refractivity contribution < 1.29 is 60.8 Å². The molecule has 0 heterocycles. The molecule has 0 atom stereocenters. The number of benzene rings is 4. The average Bonchev–Trinajstić information content (AvgIpc) is 2.81. The first-order chi connectivity index (χ1) is 16.1. The number of sulfonamides is 1. The molecule has 0 saturated heterocycles. The van der Waals surface area contributed by atoms with Crippen molar-refractivity contribution in [2.24, 2.45) is 0 Å². The van der Waals surface area contributed by atoms with Crippen LogP contribution in [0.5, 0.6) is 5.75 Å². The third-order valence-electron chi connectivity index (χ3n) is 4.97. The molecule has 0 aromatic heterocycles. The van der Waals surface area contributed by atoms with Gasteiger partial charge in [0.15, 0.2) is 0 Å². The maximum Gasteiger partial charge on any atom is 1.00 e. The Morgan fingerprint density at radius 3 is 2.09 bits per heavy atom. The molecule has 35 heavy (non-hydrogen) atoms. The molecular formula is C23H17N2NaO7S2. The Hall–Kier alpha value is -2.93. The molecule has 0 aliphatic heterocycles. The van der Waals surface area contributed by atoms with Gasteiger partial charge in [0.2, 0.25) is 0 Å². The van der Waals surface area contributed by atoms with Crippen molar-refractivity contribution in [3.63, 3.8) is 0 Å². The van der Waals surface area contributed by atoms with Gasteiger partial charge in [0, 0.05) is 16.3 Å². The van der Waals surface area contributed by atoms with E-state index in [0.29, 0.717) is 10.9 Å². The topological polar surface area (TPSA) is 153 Å². The molecule has 4 rings (SSSR count). The fraction of sp³-hybridized carbons (Fsp3) is 0. The minimum Gasteiger partial charge on any atom is -0.744 e. The molecular weight excluding hydrogens is 503 g/mol. The molecule has 0 saturated carbocycles. The van der Waals surface area contributed by atoms with Gasteiger partial charge in [-0.05, 0) is 48.5 Å². The molecule has 0 aliphatic rings. The van der Waals surface area contributed by atoms with Crippen molar-refractivity contribution in [2.75, 3.05) is 10.0 Å². The molecule has 0 spiro atoms. The molecule has 0 aliphatic carbocycles. The molecule has 174 valence electrons. The third kappa shape index (κ3) is 5.84. The zero-order chi connectivity index (χ0) is 24.5. The summed E-state index contributed by atoms with van der Waals surface area (Å²) in [7, 11) is -9.11. The summed E-state index contributed by atoms with van der Waals surface area (Å²) in [4.78, 5) is 11.3. The largest absolute Gasteiger partial charge is 1.00 e. The number of hydrogen-bond donors (Lipinski definition) is 3. The van der Waals surface area contributed by atoms with Crippen LogP contribution in [0.15, 0.2) is 94.7 Å². The van der Waals surface area contributed by atoms with E-state index in [9.17, 15) is 31.3 Å². The Kier molecular flexibility index (Phi) is 7.90. The number of nitrogens with one attached hydrogen (secondary N) is 2. The Bertz CT molecular complexity index is 1620. The van der Waals surface area contributed by atoms with Gasteiger partial charge in [-0.15, -0.1) is 0 Å². The quantitative estimate of drug-likeness (QED) is 0.190. The second-order valence-corrected chi connectivity index (χ2v) is 10.3. The third-order valence-corrected chi connectivity index (χ3v) is 7.16. The monoisotopic (exact) mass is 520 g/mol. The summed E-state index contributed by atoms with van der Waals surface area (Å²) in [6.07, 6.45) is 0. The second-order valence-electron chi connectivity index (χ2n) is 7.22. The van der Waals surface area contributed by atoms with Gasteiger partial charge in [0.05, 0.1) is 21.2 Å². The summed E-state index contributed by atoms with van der Waals surface area (Å²) in [5.41, 5.74) is 0.629. The van der Waals surface area contributed by atoms with Gasteiger partial charge < -0.3 is 15.0 Å². The molecule has 0 fully saturated rings. The molecule has 4 aromatic rings. The van der Waals surface area contributed by atoms with Crippen molar-refractivity contribution in [2.45, 2.75) is 9.79 Å². The van der Waals surface area contributed by atoms with E-state index in [2.05, 4.69) is 10.0 Å². The first-order valence-corrected chi connectivity index (χ1v) is 12.7.